The zero-order chi connectivity index (χ0) is 20.6. The van der Waals surface area contributed by atoms with Crippen molar-refractivity contribution in [2.45, 2.75) is 19.6 Å². The van der Waals surface area contributed by atoms with Gasteiger partial charge in [0, 0.05) is 38.6 Å². The predicted molar refractivity (Wildman–Crippen MR) is 119 cm³/mol. The highest BCUT2D eigenvalue weighted by atomic mass is 16.5. The lowest BCUT2D eigenvalue weighted by atomic mass is 9.97. The predicted octanol–water partition coefficient (Wildman–Crippen LogP) is 4.05. The van der Waals surface area contributed by atoms with E-state index in [0.717, 1.165) is 43.2 Å². The Morgan fingerprint density at radius 1 is 0.933 bits per heavy atom. The second-order valence-corrected chi connectivity index (χ2v) is 7.39. The van der Waals surface area contributed by atoms with Crippen molar-refractivity contribution in [3.8, 4) is 11.5 Å². The van der Waals surface area contributed by atoms with Crippen LogP contribution >= 0.6 is 0 Å². The SMILES string of the molecule is CCOc1cc(C(c2cccnc2)N2CCNCC2)ccc1OCc1ccccc1. The Morgan fingerprint density at radius 3 is 2.50 bits per heavy atom. The fourth-order valence-corrected chi connectivity index (χ4v) is 3.91. The molecule has 1 aliphatic heterocycles. The third-order valence-electron chi connectivity index (χ3n) is 5.34. The molecule has 1 aliphatic rings. The molecular weight excluding hydrogens is 374 g/mol. The zero-order valence-electron chi connectivity index (χ0n) is 17.5. The van der Waals surface area contributed by atoms with E-state index in [1.165, 1.54) is 11.1 Å². The molecule has 30 heavy (non-hydrogen) atoms. The van der Waals surface area contributed by atoms with E-state index >= 15 is 0 Å². The van der Waals surface area contributed by atoms with Gasteiger partial charge in [0.05, 0.1) is 12.6 Å². The summed E-state index contributed by atoms with van der Waals surface area (Å²) in [7, 11) is 0. The maximum atomic E-state index is 6.10. The standard InChI is InChI=1S/C25H29N3O2/c1-2-29-24-17-21(10-11-23(24)30-19-20-7-4-3-5-8-20)25(22-9-6-12-27-18-22)28-15-13-26-14-16-28/h3-12,17-18,25-26H,2,13-16,19H2,1H3. The van der Waals surface area contributed by atoms with Crippen molar-refractivity contribution < 1.29 is 9.47 Å². The van der Waals surface area contributed by atoms with Crippen molar-refractivity contribution >= 4 is 0 Å². The first-order valence-corrected chi connectivity index (χ1v) is 10.6. The Labute approximate surface area is 178 Å². The van der Waals surface area contributed by atoms with E-state index in [0.29, 0.717) is 13.2 Å². The Morgan fingerprint density at radius 2 is 1.77 bits per heavy atom. The summed E-state index contributed by atoms with van der Waals surface area (Å²) in [5.41, 5.74) is 3.53. The highest BCUT2D eigenvalue weighted by Crippen LogP contribution is 2.36. The minimum absolute atomic E-state index is 0.142. The van der Waals surface area contributed by atoms with Crippen molar-refractivity contribution in [3.05, 3.63) is 89.7 Å². The molecule has 0 spiro atoms. The number of rotatable bonds is 8. The molecular formula is C25H29N3O2. The number of benzene rings is 2. The van der Waals surface area contributed by atoms with Crippen LogP contribution in [0.1, 0.15) is 29.7 Å². The third-order valence-corrected chi connectivity index (χ3v) is 5.34. The van der Waals surface area contributed by atoms with Gasteiger partial charge in [-0.15, -0.1) is 0 Å². The van der Waals surface area contributed by atoms with E-state index in [1.54, 1.807) is 0 Å². The summed E-state index contributed by atoms with van der Waals surface area (Å²) >= 11 is 0. The van der Waals surface area contributed by atoms with Crippen molar-refractivity contribution in [2.75, 3.05) is 32.8 Å². The van der Waals surface area contributed by atoms with Crippen LogP contribution in [-0.2, 0) is 6.61 Å². The quantitative estimate of drug-likeness (QED) is 0.615. The Kier molecular flexibility index (Phi) is 6.95. The molecule has 1 atom stereocenters. The van der Waals surface area contributed by atoms with E-state index < -0.39 is 0 Å². The molecule has 1 aromatic heterocycles. The summed E-state index contributed by atoms with van der Waals surface area (Å²) in [6.45, 7) is 7.09. The van der Waals surface area contributed by atoms with Gasteiger partial charge in [-0.3, -0.25) is 9.88 Å². The average Bonchev–Trinajstić information content (AvgIpc) is 2.81. The normalized spacial score (nSPS) is 15.5. The summed E-state index contributed by atoms with van der Waals surface area (Å²) in [5, 5.41) is 3.44. The minimum Gasteiger partial charge on any atom is -0.490 e. The van der Waals surface area contributed by atoms with Gasteiger partial charge < -0.3 is 14.8 Å². The summed E-state index contributed by atoms with van der Waals surface area (Å²) in [6, 6.07) is 20.8. The van der Waals surface area contributed by atoms with Crippen LogP contribution in [0.2, 0.25) is 0 Å². The van der Waals surface area contributed by atoms with E-state index in [2.05, 4.69) is 45.5 Å². The zero-order valence-corrected chi connectivity index (χ0v) is 17.5. The highest BCUT2D eigenvalue weighted by molar-refractivity contribution is 5.46. The van der Waals surface area contributed by atoms with Crippen LogP contribution in [0.5, 0.6) is 11.5 Å². The van der Waals surface area contributed by atoms with Crippen molar-refractivity contribution in [2.24, 2.45) is 0 Å². The molecule has 0 saturated carbocycles. The number of aromatic nitrogens is 1. The highest BCUT2D eigenvalue weighted by Gasteiger charge is 2.25. The van der Waals surface area contributed by atoms with Crippen LogP contribution in [0.25, 0.3) is 0 Å². The summed E-state index contributed by atoms with van der Waals surface area (Å²) in [4.78, 5) is 6.87. The summed E-state index contributed by atoms with van der Waals surface area (Å²) in [6.07, 6.45) is 3.79. The lowest BCUT2D eigenvalue weighted by molar-refractivity contribution is 0.197. The van der Waals surface area contributed by atoms with Crippen LogP contribution in [-0.4, -0.2) is 42.7 Å². The van der Waals surface area contributed by atoms with Gasteiger partial charge in [0.1, 0.15) is 6.61 Å². The molecule has 0 amide bonds. The molecule has 5 heteroatoms. The maximum absolute atomic E-state index is 6.10. The summed E-state index contributed by atoms with van der Waals surface area (Å²) < 4.78 is 12.1. The Bertz CT molecular complexity index is 912. The number of nitrogens with one attached hydrogen (secondary N) is 1. The van der Waals surface area contributed by atoms with Gasteiger partial charge in [-0.05, 0) is 41.8 Å². The largest absolute Gasteiger partial charge is 0.490 e. The van der Waals surface area contributed by atoms with E-state index in [4.69, 9.17) is 9.47 Å². The Balaban J connectivity index is 1.62. The van der Waals surface area contributed by atoms with Crippen LogP contribution in [0, 0.1) is 0 Å². The van der Waals surface area contributed by atoms with Crippen LogP contribution in [0.4, 0.5) is 0 Å². The fourth-order valence-electron chi connectivity index (χ4n) is 3.91. The van der Waals surface area contributed by atoms with Crippen molar-refractivity contribution in [1.82, 2.24) is 15.2 Å². The number of hydrogen-bond acceptors (Lipinski definition) is 5. The molecule has 4 rings (SSSR count). The van der Waals surface area contributed by atoms with Gasteiger partial charge in [-0.2, -0.15) is 0 Å². The van der Waals surface area contributed by atoms with E-state index in [-0.39, 0.29) is 6.04 Å². The molecule has 1 N–H and O–H groups in total. The molecule has 1 unspecified atom stereocenters. The number of nitrogens with zero attached hydrogens (tertiary/aromatic N) is 2. The number of ether oxygens (including phenoxy) is 2. The number of piperazine rings is 1. The molecule has 0 bridgehead atoms. The fraction of sp³-hybridized carbons (Fsp3) is 0.320. The van der Waals surface area contributed by atoms with E-state index in [1.807, 2.05) is 49.6 Å². The van der Waals surface area contributed by atoms with Crippen LogP contribution < -0.4 is 14.8 Å². The molecule has 0 radical (unpaired) electrons. The molecule has 0 aliphatic carbocycles. The lowest BCUT2D eigenvalue weighted by Crippen LogP contribution is -2.45. The molecule has 5 nitrogen and oxygen atoms in total. The topological polar surface area (TPSA) is 46.6 Å². The Hall–Kier alpha value is -2.89. The third kappa shape index (κ3) is 4.99. The number of pyridine rings is 1. The smallest absolute Gasteiger partial charge is 0.161 e. The van der Waals surface area contributed by atoms with Crippen LogP contribution in [0.3, 0.4) is 0 Å². The molecule has 3 aromatic rings. The van der Waals surface area contributed by atoms with E-state index in [9.17, 15) is 0 Å². The van der Waals surface area contributed by atoms with Gasteiger partial charge in [0.2, 0.25) is 0 Å². The van der Waals surface area contributed by atoms with Crippen LogP contribution in [0.15, 0.2) is 73.1 Å². The van der Waals surface area contributed by atoms with Gasteiger partial charge >= 0.3 is 0 Å². The molecule has 156 valence electrons. The maximum Gasteiger partial charge on any atom is 0.161 e. The monoisotopic (exact) mass is 403 g/mol. The summed E-state index contributed by atoms with van der Waals surface area (Å²) in [5.74, 6) is 1.56. The average molecular weight is 404 g/mol. The van der Waals surface area contributed by atoms with Gasteiger partial charge in [0.25, 0.3) is 0 Å². The lowest BCUT2D eigenvalue weighted by Gasteiger charge is -2.35. The number of hydrogen-bond donors (Lipinski definition) is 1. The molecule has 1 saturated heterocycles. The minimum atomic E-state index is 0.142. The first kappa shape index (κ1) is 20.4. The first-order valence-electron chi connectivity index (χ1n) is 10.6. The van der Waals surface area contributed by atoms with Gasteiger partial charge in [0.15, 0.2) is 11.5 Å². The second-order valence-electron chi connectivity index (χ2n) is 7.39. The molecule has 2 aromatic carbocycles. The molecule has 1 fully saturated rings. The second kappa shape index (κ2) is 10.2. The van der Waals surface area contributed by atoms with Gasteiger partial charge in [-0.25, -0.2) is 0 Å². The first-order chi connectivity index (χ1) is 14.8. The van der Waals surface area contributed by atoms with Gasteiger partial charge in [-0.1, -0.05) is 42.5 Å². The van der Waals surface area contributed by atoms with Crippen molar-refractivity contribution in [1.29, 1.82) is 0 Å². The van der Waals surface area contributed by atoms with Crippen molar-refractivity contribution in [3.63, 3.8) is 0 Å². The molecule has 2 heterocycles.